The minimum Gasteiger partial charge on any atom is -0.475 e. The van der Waals surface area contributed by atoms with Crippen LogP contribution in [0.1, 0.15) is 30.8 Å². The van der Waals surface area contributed by atoms with Crippen LogP contribution in [0.3, 0.4) is 0 Å². The number of ether oxygens (including phenoxy) is 1. The molecule has 0 aliphatic rings. The van der Waals surface area contributed by atoms with Crippen molar-refractivity contribution in [2.24, 2.45) is 5.73 Å². The lowest BCUT2D eigenvalue weighted by atomic mass is 10.2. The standard InChI is InChI=1S/C11H16N2O2/c1-8(2)15-11-5-3-4-9(13-11)10(14)6-7-12/h3-5,8H,6-7,12H2,1-2H3. The summed E-state index contributed by atoms with van der Waals surface area (Å²) in [5.74, 6) is 0.430. The summed E-state index contributed by atoms with van der Waals surface area (Å²) in [6.45, 7) is 4.17. The summed E-state index contributed by atoms with van der Waals surface area (Å²) in [4.78, 5) is 15.6. The van der Waals surface area contributed by atoms with Crippen molar-refractivity contribution in [2.75, 3.05) is 6.54 Å². The molecule has 4 nitrogen and oxygen atoms in total. The molecular formula is C11H16N2O2. The Morgan fingerprint density at radius 1 is 1.53 bits per heavy atom. The molecule has 1 heterocycles. The molecule has 0 spiro atoms. The first-order valence-corrected chi connectivity index (χ1v) is 5.00. The Hall–Kier alpha value is -1.42. The van der Waals surface area contributed by atoms with Crippen LogP contribution in [-0.4, -0.2) is 23.4 Å². The lowest BCUT2D eigenvalue weighted by Gasteiger charge is -2.08. The molecule has 0 amide bonds. The Bertz CT molecular complexity index is 337. The number of nitrogens with two attached hydrogens (primary N) is 1. The third-order valence-corrected chi connectivity index (χ3v) is 1.74. The first-order chi connectivity index (χ1) is 7.13. The zero-order valence-corrected chi connectivity index (χ0v) is 9.06. The Morgan fingerprint density at radius 3 is 2.87 bits per heavy atom. The van der Waals surface area contributed by atoms with Gasteiger partial charge in [0.15, 0.2) is 5.78 Å². The van der Waals surface area contributed by atoms with Crippen molar-refractivity contribution in [3.63, 3.8) is 0 Å². The van der Waals surface area contributed by atoms with Gasteiger partial charge in [-0.3, -0.25) is 4.79 Å². The van der Waals surface area contributed by atoms with Crippen molar-refractivity contribution in [3.05, 3.63) is 23.9 Å². The molecule has 2 N–H and O–H groups in total. The number of Topliss-reactive ketones (excluding diaryl/α,β-unsaturated/α-hetero) is 1. The Kier molecular flexibility index (Phi) is 4.24. The summed E-state index contributed by atoms with van der Waals surface area (Å²) in [5.41, 5.74) is 5.72. The van der Waals surface area contributed by atoms with Crippen LogP contribution in [0.25, 0.3) is 0 Å². The number of ketones is 1. The van der Waals surface area contributed by atoms with E-state index in [0.717, 1.165) is 0 Å². The quantitative estimate of drug-likeness (QED) is 0.743. The normalized spacial score (nSPS) is 10.4. The highest BCUT2D eigenvalue weighted by atomic mass is 16.5. The number of hydrogen-bond donors (Lipinski definition) is 1. The number of rotatable bonds is 5. The van der Waals surface area contributed by atoms with Crippen molar-refractivity contribution in [1.82, 2.24) is 4.98 Å². The van der Waals surface area contributed by atoms with Crippen LogP contribution in [0, 0.1) is 0 Å². The molecule has 0 saturated carbocycles. The molecule has 0 atom stereocenters. The zero-order valence-electron chi connectivity index (χ0n) is 9.06. The minimum atomic E-state index is -0.0493. The molecule has 0 unspecified atom stereocenters. The molecule has 4 heteroatoms. The zero-order chi connectivity index (χ0) is 11.3. The maximum absolute atomic E-state index is 11.5. The van der Waals surface area contributed by atoms with E-state index in [1.165, 1.54) is 0 Å². The maximum atomic E-state index is 11.5. The maximum Gasteiger partial charge on any atom is 0.214 e. The van der Waals surface area contributed by atoms with Crippen LogP contribution >= 0.6 is 0 Å². The van der Waals surface area contributed by atoms with E-state index >= 15 is 0 Å². The molecule has 0 aliphatic carbocycles. The third kappa shape index (κ3) is 3.67. The van der Waals surface area contributed by atoms with E-state index in [4.69, 9.17) is 10.5 Å². The van der Waals surface area contributed by atoms with Gasteiger partial charge in [0, 0.05) is 12.5 Å². The van der Waals surface area contributed by atoms with Gasteiger partial charge in [-0.15, -0.1) is 0 Å². The second-order valence-electron chi connectivity index (χ2n) is 3.49. The molecule has 0 fully saturated rings. The number of nitrogens with zero attached hydrogens (tertiary/aromatic N) is 1. The molecule has 1 rings (SSSR count). The van der Waals surface area contributed by atoms with Gasteiger partial charge in [0.2, 0.25) is 5.88 Å². The summed E-state index contributed by atoms with van der Waals surface area (Å²) < 4.78 is 5.39. The molecule has 0 aliphatic heterocycles. The van der Waals surface area contributed by atoms with E-state index in [2.05, 4.69) is 4.98 Å². The van der Waals surface area contributed by atoms with Gasteiger partial charge in [-0.25, -0.2) is 4.98 Å². The van der Waals surface area contributed by atoms with Gasteiger partial charge in [-0.2, -0.15) is 0 Å². The van der Waals surface area contributed by atoms with Crippen LogP contribution < -0.4 is 10.5 Å². The second kappa shape index (κ2) is 5.46. The monoisotopic (exact) mass is 208 g/mol. The summed E-state index contributed by atoms with van der Waals surface area (Å²) in [5, 5.41) is 0. The largest absolute Gasteiger partial charge is 0.475 e. The smallest absolute Gasteiger partial charge is 0.214 e. The van der Waals surface area contributed by atoms with Crippen LogP contribution in [0.4, 0.5) is 0 Å². The van der Waals surface area contributed by atoms with E-state index < -0.39 is 0 Å². The van der Waals surface area contributed by atoms with Gasteiger partial charge in [-0.1, -0.05) is 6.07 Å². The van der Waals surface area contributed by atoms with Crippen molar-refractivity contribution in [1.29, 1.82) is 0 Å². The van der Waals surface area contributed by atoms with Crippen LogP contribution in [0.5, 0.6) is 5.88 Å². The van der Waals surface area contributed by atoms with Crippen molar-refractivity contribution >= 4 is 5.78 Å². The van der Waals surface area contributed by atoms with E-state index in [9.17, 15) is 4.79 Å². The van der Waals surface area contributed by atoms with Crippen molar-refractivity contribution < 1.29 is 9.53 Å². The number of aromatic nitrogens is 1. The summed E-state index contributed by atoms with van der Waals surface area (Å²) >= 11 is 0. The van der Waals surface area contributed by atoms with Gasteiger partial charge in [0.1, 0.15) is 5.69 Å². The van der Waals surface area contributed by atoms with Gasteiger partial charge in [0.25, 0.3) is 0 Å². The fraction of sp³-hybridized carbons (Fsp3) is 0.455. The van der Waals surface area contributed by atoms with Crippen LogP contribution in [0.15, 0.2) is 18.2 Å². The Labute approximate surface area is 89.5 Å². The van der Waals surface area contributed by atoms with Gasteiger partial charge in [0.05, 0.1) is 6.10 Å². The van der Waals surface area contributed by atoms with Gasteiger partial charge in [-0.05, 0) is 26.5 Å². The lowest BCUT2D eigenvalue weighted by molar-refractivity contribution is 0.0978. The molecule has 0 saturated heterocycles. The van der Waals surface area contributed by atoms with Crippen LogP contribution in [0.2, 0.25) is 0 Å². The van der Waals surface area contributed by atoms with Gasteiger partial charge >= 0.3 is 0 Å². The molecule has 0 aromatic carbocycles. The highest BCUT2D eigenvalue weighted by Crippen LogP contribution is 2.10. The predicted molar refractivity (Wildman–Crippen MR) is 58.0 cm³/mol. The summed E-state index contributed by atoms with van der Waals surface area (Å²) in [6, 6.07) is 5.17. The number of carbonyl (C=O) groups excluding carboxylic acids is 1. The van der Waals surface area contributed by atoms with Crippen molar-refractivity contribution in [3.8, 4) is 5.88 Å². The van der Waals surface area contributed by atoms with Crippen molar-refractivity contribution in [2.45, 2.75) is 26.4 Å². The number of hydrogen-bond acceptors (Lipinski definition) is 4. The minimum absolute atomic E-state index is 0.0493. The Balaban J connectivity index is 2.78. The fourth-order valence-corrected chi connectivity index (χ4v) is 1.14. The Morgan fingerprint density at radius 2 is 2.27 bits per heavy atom. The highest BCUT2D eigenvalue weighted by molar-refractivity contribution is 5.94. The molecule has 0 bridgehead atoms. The average Bonchev–Trinajstić information content (AvgIpc) is 2.17. The summed E-state index contributed by atoms with van der Waals surface area (Å²) in [7, 11) is 0. The molecule has 1 aromatic heterocycles. The fourth-order valence-electron chi connectivity index (χ4n) is 1.14. The van der Waals surface area contributed by atoms with E-state index in [0.29, 0.717) is 24.5 Å². The lowest BCUT2D eigenvalue weighted by Crippen LogP contribution is -2.12. The van der Waals surface area contributed by atoms with Gasteiger partial charge < -0.3 is 10.5 Å². The average molecular weight is 208 g/mol. The molecule has 15 heavy (non-hydrogen) atoms. The first-order valence-electron chi connectivity index (χ1n) is 5.00. The molecular weight excluding hydrogens is 192 g/mol. The van der Waals surface area contributed by atoms with E-state index in [-0.39, 0.29) is 11.9 Å². The number of pyridine rings is 1. The topological polar surface area (TPSA) is 65.2 Å². The summed E-state index contributed by atoms with van der Waals surface area (Å²) in [6.07, 6.45) is 0.371. The molecule has 82 valence electrons. The van der Waals surface area contributed by atoms with Crippen LogP contribution in [-0.2, 0) is 0 Å². The third-order valence-electron chi connectivity index (χ3n) is 1.74. The van der Waals surface area contributed by atoms with E-state index in [1.54, 1.807) is 18.2 Å². The second-order valence-corrected chi connectivity index (χ2v) is 3.49. The molecule has 0 radical (unpaired) electrons. The van der Waals surface area contributed by atoms with E-state index in [1.807, 2.05) is 13.8 Å². The highest BCUT2D eigenvalue weighted by Gasteiger charge is 2.07. The number of carbonyl (C=O) groups is 1. The first kappa shape index (κ1) is 11.7. The SMILES string of the molecule is CC(C)Oc1cccc(C(=O)CCN)n1. The molecule has 1 aromatic rings. The predicted octanol–water partition coefficient (Wildman–Crippen LogP) is 1.40.